The fourth-order valence-corrected chi connectivity index (χ4v) is 4.04. The lowest BCUT2D eigenvalue weighted by Crippen LogP contribution is -2.41. The molecular formula is C16H22BrNO2. The highest BCUT2D eigenvalue weighted by molar-refractivity contribution is 9.10. The molecule has 4 heteroatoms. The van der Waals surface area contributed by atoms with E-state index in [0.29, 0.717) is 12.6 Å². The Morgan fingerprint density at radius 3 is 2.85 bits per heavy atom. The fraction of sp³-hybridized carbons (Fsp3) is 0.625. The molecule has 0 spiro atoms. The van der Waals surface area contributed by atoms with Gasteiger partial charge in [0.05, 0.1) is 17.7 Å². The molecule has 110 valence electrons. The fourth-order valence-electron chi connectivity index (χ4n) is 3.45. The summed E-state index contributed by atoms with van der Waals surface area (Å²) in [6, 6.07) is 6.31. The molecule has 1 heterocycles. The molecule has 2 atom stereocenters. The van der Waals surface area contributed by atoms with Crippen LogP contribution in [0.3, 0.4) is 0 Å². The highest BCUT2D eigenvalue weighted by Crippen LogP contribution is 2.49. The van der Waals surface area contributed by atoms with Crippen molar-refractivity contribution in [3.05, 3.63) is 28.2 Å². The Morgan fingerprint density at radius 1 is 1.45 bits per heavy atom. The van der Waals surface area contributed by atoms with Crippen molar-refractivity contribution in [3.63, 3.8) is 0 Å². The van der Waals surface area contributed by atoms with E-state index in [2.05, 4.69) is 28.1 Å². The summed E-state index contributed by atoms with van der Waals surface area (Å²) in [7, 11) is 1.69. The molecule has 1 saturated heterocycles. The predicted octanol–water partition coefficient (Wildman–Crippen LogP) is 3.14. The van der Waals surface area contributed by atoms with E-state index in [1.165, 1.54) is 18.4 Å². The van der Waals surface area contributed by atoms with E-state index in [4.69, 9.17) is 15.2 Å². The van der Waals surface area contributed by atoms with Crippen LogP contribution < -0.4 is 10.5 Å². The Hall–Kier alpha value is -0.580. The van der Waals surface area contributed by atoms with Crippen molar-refractivity contribution in [2.45, 2.75) is 31.8 Å². The van der Waals surface area contributed by atoms with Crippen molar-refractivity contribution < 1.29 is 9.47 Å². The van der Waals surface area contributed by atoms with Crippen molar-refractivity contribution in [1.29, 1.82) is 0 Å². The van der Waals surface area contributed by atoms with E-state index in [-0.39, 0.29) is 5.41 Å². The molecule has 0 radical (unpaired) electrons. The standard InChI is InChI=1S/C16H22BrNO2/c1-19-14-5-2-11(8-13(14)17)9-16(10-18)6-7-20-15(16)12-3-4-12/h2,5,8,12,15H,3-4,6-7,9-10,18H2,1H3. The second-order valence-corrected chi connectivity index (χ2v) is 6.95. The summed E-state index contributed by atoms with van der Waals surface area (Å²) in [5.74, 6) is 1.61. The van der Waals surface area contributed by atoms with Gasteiger partial charge >= 0.3 is 0 Å². The molecule has 20 heavy (non-hydrogen) atoms. The molecule has 2 N–H and O–H groups in total. The first-order chi connectivity index (χ1) is 9.68. The molecule has 3 nitrogen and oxygen atoms in total. The zero-order valence-corrected chi connectivity index (χ0v) is 13.5. The number of methoxy groups -OCH3 is 1. The van der Waals surface area contributed by atoms with Crippen LogP contribution in [0.25, 0.3) is 0 Å². The summed E-state index contributed by atoms with van der Waals surface area (Å²) < 4.78 is 12.3. The van der Waals surface area contributed by atoms with E-state index in [1.54, 1.807) is 7.11 Å². The second kappa shape index (κ2) is 5.66. The van der Waals surface area contributed by atoms with Crippen LogP contribution in [0, 0.1) is 11.3 Å². The summed E-state index contributed by atoms with van der Waals surface area (Å²) in [6.45, 7) is 1.56. The Balaban J connectivity index is 1.82. The molecule has 1 aliphatic carbocycles. The van der Waals surface area contributed by atoms with Gasteiger partial charge in [-0.05, 0) is 65.2 Å². The number of nitrogens with two attached hydrogens (primary N) is 1. The molecule has 3 rings (SSSR count). The SMILES string of the molecule is COc1ccc(CC2(CN)CCOC2C2CC2)cc1Br. The molecule has 2 unspecified atom stereocenters. The first-order valence-corrected chi connectivity index (χ1v) is 8.12. The van der Waals surface area contributed by atoms with Crippen LogP contribution in [0.15, 0.2) is 22.7 Å². The topological polar surface area (TPSA) is 44.5 Å². The summed E-state index contributed by atoms with van der Waals surface area (Å²) in [5.41, 5.74) is 7.58. The van der Waals surface area contributed by atoms with Crippen LogP contribution in [0.1, 0.15) is 24.8 Å². The molecular weight excluding hydrogens is 318 g/mol. The minimum atomic E-state index is 0.120. The van der Waals surface area contributed by atoms with Gasteiger partial charge in [-0.25, -0.2) is 0 Å². The van der Waals surface area contributed by atoms with Crippen LogP contribution in [0.4, 0.5) is 0 Å². The van der Waals surface area contributed by atoms with E-state index < -0.39 is 0 Å². The van der Waals surface area contributed by atoms with Gasteiger partial charge in [0, 0.05) is 18.6 Å². The molecule has 0 amide bonds. The highest BCUT2D eigenvalue weighted by atomic mass is 79.9. The third-order valence-corrected chi connectivity index (χ3v) is 5.35. The van der Waals surface area contributed by atoms with Crippen molar-refractivity contribution in [2.75, 3.05) is 20.3 Å². The summed E-state index contributed by atoms with van der Waals surface area (Å²) in [5, 5.41) is 0. The van der Waals surface area contributed by atoms with Gasteiger partial charge in [0.25, 0.3) is 0 Å². The molecule has 2 aliphatic rings. The summed E-state index contributed by atoms with van der Waals surface area (Å²) in [4.78, 5) is 0. The number of ether oxygens (including phenoxy) is 2. The van der Waals surface area contributed by atoms with Gasteiger partial charge in [-0.15, -0.1) is 0 Å². The summed E-state index contributed by atoms with van der Waals surface area (Å²) >= 11 is 3.57. The maximum atomic E-state index is 6.15. The minimum Gasteiger partial charge on any atom is -0.496 e. The van der Waals surface area contributed by atoms with E-state index >= 15 is 0 Å². The van der Waals surface area contributed by atoms with Gasteiger partial charge < -0.3 is 15.2 Å². The Kier molecular flexibility index (Phi) is 4.07. The summed E-state index contributed by atoms with van der Waals surface area (Å²) in [6.07, 6.45) is 5.03. The van der Waals surface area contributed by atoms with Gasteiger partial charge in [0.2, 0.25) is 0 Å². The van der Waals surface area contributed by atoms with E-state index in [0.717, 1.165) is 35.6 Å². The van der Waals surface area contributed by atoms with Crippen molar-refractivity contribution >= 4 is 15.9 Å². The molecule has 1 aromatic carbocycles. The minimum absolute atomic E-state index is 0.120. The zero-order valence-electron chi connectivity index (χ0n) is 11.9. The van der Waals surface area contributed by atoms with Gasteiger partial charge in [-0.1, -0.05) is 6.07 Å². The third kappa shape index (κ3) is 2.61. The quantitative estimate of drug-likeness (QED) is 0.896. The Morgan fingerprint density at radius 2 is 2.25 bits per heavy atom. The van der Waals surface area contributed by atoms with Crippen LogP contribution in [-0.4, -0.2) is 26.4 Å². The van der Waals surface area contributed by atoms with Gasteiger partial charge in [0.15, 0.2) is 0 Å². The first-order valence-electron chi connectivity index (χ1n) is 7.32. The van der Waals surface area contributed by atoms with Crippen LogP contribution in [-0.2, 0) is 11.2 Å². The van der Waals surface area contributed by atoms with Gasteiger partial charge in [-0.3, -0.25) is 0 Å². The van der Waals surface area contributed by atoms with Crippen molar-refractivity contribution in [1.82, 2.24) is 0 Å². The normalized spacial score (nSPS) is 29.6. The number of halogens is 1. The van der Waals surface area contributed by atoms with Crippen LogP contribution >= 0.6 is 15.9 Å². The molecule has 0 bridgehead atoms. The lowest BCUT2D eigenvalue weighted by molar-refractivity contribution is 0.0345. The molecule has 1 aromatic rings. The van der Waals surface area contributed by atoms with Crippen molar-refractivity contribution in [3.8, 4) is 5.75 Å². The molecule has 1 aliphatic heterocycles. The Bertz CT molecular complexity index is 489. The lowest BCUT2D eigenvalue weighted by Gasteiger charge is -2.33. The maximum absolute atomic E-state index is 6.15. The second-order valence-electron chi connectivity index (χ2n) is 6.09. The molecule has 1 saturated carbocycles. The number of hydrogen-bond acceptors (Lipinski definition) is 3. The number of hydrogen-bond donors (Lipinski definition) is 1. The van der Waals surface area contributed by atoms with E-state index in [1.807, 2.05) is 6.07 Å². The van der Waals surface area contributed by atoms with Crippen LogP contribution in [0.2, 0.25) is 0 Å². The van der Waals surface area contributed by atoms with Crippen LogP contribution in [0.5, 0.6) is 5.75 Å². The predicted molar refractivity (Wildman–Crippen MR) is 83.0 cm³/mol. The number of rotatable bonds is 5. The third-order valence-electron chi connectivity index (χ3n) is 4.73. The van der Waals surface area contributed by atoms with Gasteiger partial charge in [0.1, 0.15) is 5.75 Å². The van der Waals surface area contributed by atoms with E-state index in [9.17, 15) is 0 Å². The first kappa shape index (κ1) is 14.4. The largest absolute Gasteiger partial charge is 0.496 e. The molecule has 0 aromatic heterocycles. The Labute approximate surface area is 129 Å². The average Bonchev–Trinajstić information content (AvgIpc) is 3.21. The highest BCUT2D eigenvalue weighted by Gasteiger charge is 2.50. The lowest BCUT2D eigenvalue weighted by atomic mass is 9.74. The number of benzene rings is 1. The monoisotopic (exact) mass is 339 g/mol. The zero-order chi connectivity index (χ0) is 14.2. The van der Waals surface area contributed by atoms with Gasteiger partial charge in [-0.2, -0.15) is 0 Å². The maximum Gasteiger partial charge on any atom is 0.133 e. The van der Waals surface area contributed by atoms with Crippen molar-refractivity contribution in [2.24, 2.45) is 17.1 Å². The molecule has 2 fully saturated rings. The average molecular weight is 340 g/mol. The smallest absolute Gasteiger partial charge is 0.133 e.